The first-order valence-corrected chi connectivity index (χ1v) is 13.9. The molecule has 3 atom stereocenters. The predicted octanol–water partition coefficient (Wildman–Crippen LogP) is 5.29. The summed E-state index contributed by atoms with van der Waals surface area (Å²) in [6, 6.07) is 23.1. The number of hydrogen-bond acceptors (Lipinski definition) is 7. The van der Waals surface area contributed by atoms with Crippen molar-refractivity contribution in [2.75, 3.05) is 26.7 Å². The summed E-state index contributed by atoms with van der Waals surface area (Å²) in [5, 5.41) is 9.95. The minimum Gasteiger partial charge on any atom is -0.472 e. The standard InChI is InChI=1S/C33H36N4O4/c1-23-19-37(24(2)22-38)33(39)30-16-27(26-8-7-15-34-17-26)18-35-32(30)41-31(23)21-36(3)20-25-11-13-29(14-12-25)40-28-9-5-4-6-10-28/h4-18,23-24,31,38H,19-22H2,1-3H3/t23-,24-,31+/m1/s1. The van der Waals surface area contributed by atoms with Gasteiger partial charge in [-0.3, -0.25) is 14.7 Å². The molecule has 0 radical (unpaired) electrons. The van der Waals surface area contributed by atoms with Crippen LogP contribution in [-0.4, -0.2) is 69.7 Å². The highest BCUT2D eigenvalue weighted by Crippen LogP contribution is 2.30. The number of hydrogen-bond donors (Lipinski definition) is 1. The molecule has 2 aromatic carbocycles. The summed E-state index contributed by atoms with van der Waals surface area (Å²) in [5.41, 5.74) is 3.19. The van der Waals surface area contributed by atoms with Gasteiger partial charge in [-0.25, -0.2) is 4.98 Å². The fourth-order valence-corrected chi connectivity index (χ4v) is 4.98. The Kier molecular flexibility index (Phi) is 8.91. The summed E-state index contributed by atoms with van der Waals surface area (Å²) in [6.07, 6.45) is 4.94. The van der Waals surface area contributed by atoms with Crippen LogP contribution < -0.4 is 9.47 Å². The summed E-state index contributed by atoms with van der Waals surface area (Å²) in [7, 11) is 2.06. The number of amides is 1. The normalized spacial score (nSPS) is 17.8. The third-order valence-electron chi connectivity index (χ3n) is 7.36. The third kappa shape index (κ3) is 6.90. The highest BCUT2D eigenvalue weighted by molar-refractivity contribution is 5.98. The smallest absolute Gasteiger partial charge is 0.259 e. The summed E-state index contributed by atoms with van der Waals surface area (Å²) in [6.45, 7) is 5.61. The lowest BCUT2D eigenvalue weighted by Gasteiger charge is -2.37. The maximum atomic E-state index is 13.7. The van der Waals surface area contributed by atoms with E-state index >= 15 is 0 Å². The number of aliphatic hydroxyl groups excluding tert-OH is 1. The molecule has 3 heterocycles. The van der Waals surface area contributed by atoms with E-state index in [1.165, 1.54) is 0 Å². The maximum Gasteiger partial charge on any atom is 0.259 e. The average Bonchev–Trinajstić information content (AvgIpc) is 3.00. The fraction of sp³-hybridized carbons (Fsp3) is 0.303. The highest BCUT2D eigenvalue weighted by Gasteiger charge is 2.34. The van der Waals surface area contributed by atoms with Crippen molar-refractivity contribution in [3.05, 3.63) is 103 Å². The molecule has 1 aliphatic rings. The lowest BCUT2D eigenvalue weighted by molar-refractivity contribution is 0.0325. The Bertz CT molecular complexity index is 1430. The number of para-hydroxylation sites is 1. The van der Waals surface area contributed by atoms with E-state index in [0.717, 1.165) is 28.2 Å². The van der Waals surface area contributed by atoms with Crippen LogP contribution in [0.1, 0.15) is 29.8 Å². The zero-order chi connectivity index (χ0) is 28.8. The lowest BCUT2D eigenvalue weighted by atomic mass is 9.99. The van der Waals surface area contributed by atoms with Gasteiger partial charge in [0.05, 0.1) is 12.6 Å². The highest BCUT2D eigenvalue weighted by atomic mass is 16.5. The van der Waals surface area contributed by atoms with Gasteiger partial charge in [0.1, 0.15) is 23.2 Å². The van der Waals surface area contributed by atoms with Crippen molar-refractivity contribution < 1.29 is 19.4 Å². The fourth-order valence-electron chi connectivity index (χ4n) is 4.98. The number of carbonyl (C=O) groups is 1. The molecule has 4 aromatic rings. The number of benzene rings is 2. The molecule has 0 saturated heterocycles. The van der Waals surface area contributed by atoms with Crippen LogP contribution >= 0.6 is 0 Å². The number of nitrogens with zero attached hydrogens (tertiary/aromatic N) is 4. The summed E-state index contributed by atoms with van der Waals surface area (Å²) < 4.78 is 12.4. The van der Waals surface area contributed by atoms with Crippen LogP contribution in [0.25, 0.3) is 11.1 Å². The van der Waals surface area contributed by atoms with E-state index in [0.29, 0.717) is 31.1 Å². The van der Waals surface area contributed by atoms with Crippen LogP contribution in [-0.2, 0) is 6.54 Å². The second-order valence-corrected chi connectivity index (χ2v) is 10.7. The first-order valence-electron chi connectivity index (χ1n) is 13.9. The van der Waals surface area contributed by atoms with Gasteiger partial charge in [-0.05, 0) is 55.9 Å². The minimum absolute atomic E-state index is 0.00463. The summed E-state index contributed by atoms with van der Waals surface area (Å²) >= 11 is 0. The number of likely N-dealkylation sites (N-methyl/N-ethyl adjacent to an activating group) is 1. The van der Waals surface area contributed by atoms with Crippen molar-refractivity contribution in [1.82, 2.24) is 19.8 Å². The Morgan fingerprint density at radius 3 is 2.51 bits per heavy atom. The molecular formula is C33H36N4O4. The Morgan fingerprint density at radius 2 is 1.80 bits per heavy atom. The van der Waals surface area contributed by atoms with Crippen LogP contribution in [0, 0.1) is 5.92 Å². The van der Waals surface area contributed by atoms with Crippen LogP contribution in [0.4, 0.5) is 0 Å². The Labute approximate surface area is 241 Å². The van der Waals surface area contributed by atoms with Crippen LogP contribution in [0.3, 0.4) is 0 Å². The molecule has 1 N–H and O–H groups in total. The van der Waals surface area contributed by atoms with E-state index in [-0.39, 0.29) is 30.6 Å². The van der Waals surface area contributed by atoms with E-state index < -0.39 is 0 Å². The van der Waals surface area contributed by atoms with Crippen molar-refractivity contribution in [2.24, 2.45) is 5.92 Å². The van der Waals surface area contributed by atoms with Crippen molar-refractivity contribution in [3.63, 3.8) is 0 Å². The molecule has 1 aliphatic heterocycles. The first kappa shape index (κ1) is 28.3. The van der Waals surface area contributed by atoms with Crippen LogP contribution in [0.5, 0.6) is 17.4 Å². The van der Waals surface area contributed by atoms with Gasteiger partial charge >= 0.3 is 0 Å². The second-order valence-electron chi connectivity index (χ2n) is 10.7. The topological polar surface area (TPSA) is 88.0 Å². The number of ether oxygens (including phenoxy) is 2. The molecule has 0 spiro atoms. The largest absolute Gasteiger partial charge is 0.472 e. The Hall–Kier alpha value is -4.27. The number of aromatic nitrogens is 2. The predicted molar refractivity (Wildman–Crippen MR) is 158 cm³/mol. The zero-order valence-electron chi connectivity index (χ0n) is 23.7. The molecule has 5 rings (SSSR count). The molecule has 0 unspecified atom stereocenters. The molecule has 2 aromatic heterocycles. The van der Waals surface area contributed by atoms with Gasteiger partial charge < -0.3 is 19.5 Å². The van der Waals surface area contributed by atoms with Gasteiger partial charge in [-0.2, -0.15) is 0 Å². The molecule has 0 aliphatic carbocycles. The molecule has 1 amide bonds. The van der Waals surface area contributed by atoms with Crippen molar-refractivity contribution >= 4 is 5.91 Å². The van der Waals surface area contributed by atoms with E-state index in [4.69, 9.17) is 9.47 Å². The zero-order valence-corrected chi connectivity index (χ0v) is 23.7. The van der Waals surface area contributed by atoms with Gasteiger partial charge in [0.15, 0.2) is 0 Å². The monoisotopic (exact) mass is 552 g/mol. The van der Waals surface area contributed by atoms with Crippen LogP contribution in [0.2, 0.25) is 0 Å². The molecule has 41 heavy (non-hydrogen) atoms. The van der Waals surface area contributed by atoms with E-state index in [9.17, 15) is 9.90 Å². The molecule has 8 nitrogen and oxygen atoms in total. The van der Waals surface area contributed by atoms with Crippen LogP contribution in [0.15, 0.2) is 91.4 Å². The van der Waals surface area contributed by atoms with Crippen molar-refractivity contribution in [2.45, 2.75) is 32.5 Å². The number of carbonyl (C=O) groups excluding carboxylic acids is 1. The molecule has 212 valence electrons. The number of pyridine rings is 2. The molecule has 0 bridgehead atoms. The van der Waals surface area contributed by atoms with Gasteiger partial charge in [0.2, 0.25) is 5.88 Å². The molecule has 0 saturated carbocycles. The van der Waals surface area contributed by atoms with Crippen molar-refractivity contribution in [3.8, 4) is 28.5 Å². The third-order valence-corrected chi connectivity index (χ3v) is 7.36. The van der Waals surface area contributed by atoms with Gasteiger partial charge in [0.25, 0.3) is 5.91 Å². The van der Waals surface area contributed by atoms with Gasteiger partial charge in [-0.15, -0.1) is 0 Å². The summed E-state index contributed by atoms with van der Waals surface area (Å²) in [5.74, 6) is 1.71. The number of fused-ring (bicyclic) bond motifs is 1. The average molecular weight is 553 g/mol. The maximum absolute atomic E-state index is 13.7. The van der Waals surface area contributed by atoms with E-state index in [1.807, 2.05) is 67.6 Å². The quantitative estimate of drug-likeness (QED) is 0.302. The lowest BCUT2D eigenvalue weighted by Crippen LogP contribution is -2.49. The summed E-state index contributed by atoms with van der Waals surface area (Å²) in [4.78, 5) is 26.4. The molecule has 0 fully saturated rings. The van der Waals surface area contributed by atoms with Gasteiger partial charge in [0, 0.05) is 55.3 Å². The number of rotatable bonds is 9. The van der Waals surface area contributed by atoms with Crippen molar-refractivity contribution in [1.29, 1.82) is 0 Å². The van der Waals surface area contributed by atoms with E-state index in [1.54, 1.807) is 23.5 Å². The molecular weight excluding hydrogens is 516 g/mol. The number of aliphatic hydroxyl groups is 1. The van der Waals surface area contributed by atoms with Gasteiger partial charge in [-0.1, -0.05) is 43.3 Å². The Balaban J connectivity index is 1.33. The SMILES string of the molecule is C[C@@H]1CN([C@H](C)CO)C(=O)c2cc(-c3cccnc3)cnc2O[C@H]1CN(C)Cc1ccc(Oc2ccccc2)cc1. The Morgan fingerprint density at radius 1 is 1.05 bits per heavy atom. The minimum atomic E-state index is -0.340. The first-order chi connectivity index (χ1) is 19.9. The second kappa shape index (κ2) is 12.9. The molecule has 8 heteroatoms. The van der Waals surface area contributed by atoms with E-state index in [2.05, 4.69) is 41.0 Å².